The Hall–Kier alpha value is -3.67. The van der Waals surface area contributed by atoms with Gasteiger partial charge in [-0.05, 0) is 32.0 Å². The molecule has 6 heteroatoms. The highest BCUT2D eigenvalue weighted by Crippen LogP contribution is 2.24. The number of oxazole rings is 1. The number of rotatable bonds is 5. The molecule has 0 amide bonds. The molecular weight excluding hydrogens is 356 g/mol. The van der Waals surface area contributed by atoms with Gasteiger partial charge in [-0.25, -0.2) is 9.78 Å². The van der Waals surface area contributed by atoms with Crippen LogP contribution in [-0.2, 0) is 9.53 Å². The second kappa shape index (κ2) is 7.15. The number of carbonyl (C=O) groups is 2. The van der Waals surface area contributed by atoms with Gasteiger partial charge in [0.25, 0.3) is 0 Å². The Morgan fingerprint density at radius 3 is 2.71 bits per heavy atom. The number of ketones is 1. The zero-order chi connectivity index (χ0) is 19.7. The van der Waals surface area contributed by atoms with Crippen LogP contribution in [0, 0.1) is 6.92 Å². The molecule has 0 aliphatic heterocycles. The first-order chi connectivity index (χ1) is 13.5. The van der Waals surface area contributed by atoms with Crippen LogP contribution in [0.1, 0.15) is 28.9 Å². The van der Waals surface area contributed by atoms with Crippen molar-refractivity contribution in [3.63, 3.8) is 0 Å². The summed E-state index contributed by atoms with van der Waals surface area (Å²) in [7, 11) is 0. The minimum atomic E-state index is -0.918. The molecule has 0 saturated carbocycles. The number of Topliss-reactive ketones (excluding diaryl/α,β-unsaturated/α-hetero) is 1. The van der Waals surface area contributed by atoms with Crippen molar-refractivity contribution < 1.29 is 18.7 Å². The predicted octanol–water partition coefficient (Wildman–Crippen LogP) is 4.45. The standard InChI is InChI=1S/C22H18N2O4/c1-13-21(15-7-3-4-8-16(15)23-13)22(26)14(2)27-20(25)12-11-19-24-17-9-5-6-10-18(17)28-19/h3-12,14,23H,1-2H3/b12-11-/t14-/m1/s1. The molecule has 0 bridgehead atoms. The van der Waals surface area contributed by atoms with E-state index in [4.69, 9.17) is 9.15 Å². The summed E-state index contributed by atoms with van der Waals surface area (Å²) in [5, 5.41) is 0.815. The molecule has 140 valence electrons. The Kier molecular flexibility index (Phi) is 4.53. The van der Waals surface area contributed by atoms with Gasteiger partial charge in [0, 0.05) is 34.3 Å². The van der Waals surface area contributed by atoms with Crippen LogP contribution in [0.5, 0.6) is 0 Å². The highest BCUT2D eigenvalue weighted by Gasteiger charge is 2.23. The van der Waals surface area contributed by atoms with E-state index in [1.54, 1.807) is 13.0 Å². The predicted molar refractivity (Wildman–Crippen MR) is 106 cm³/mol. The fourth-order valence-electron chi connectivity index (χ4n) is 3.17. The van der Waals surface area contributed by atoms with E-state index in [2.05, 4.69) is 9.97 Å². The molecule has 4 rings (SSSR count). The molecular formula is C22H18N2O4. The van der Waals surface area contributed by atoms with E-state index < -0.39 is 12.1 Å². The van der Waals surface area contributed by atoms with Crippen LogP contribution < -0.4 is 0 Å². The summed E-state index contributed by atoms with van der Waals surface area (Å²) >= 11 is 0. The van der Waals surface area contributed by atoms with Gasteiger partial charge in [-0.1, -0.05) is 30.3 Å². The molecule has 1 atom stereocenters. The number of benzene rings is 2. The molecule has 28 heavy (non-hydrogen) atoms. The van der Waals surface area contributed by atoms with Gasteiger partial charge < -0.3 is 14.1 Å². The largest absolute Gasteiger partial charge is 0.451 e. The first kappa shape index (κ1) is 17.7. The number of carbonyl (C=O) groups excluding carboxylic acids is 2. The van der Waals surface area contributed by atoms with Gasteiger partial charge in [0.15, 0.2) is 11.7 Å². The van der Waals surface area contributed by atoms with E-state index in [1.165, 1.54) is 12.2 Å². The van der Waals surface area contributed by atoms with Gasteiger partial charge in [0.2, 0.25) is 11.7 Å². The van der Waals surface area contributed by atoms with Crippen molar-refractivity contribution in [2.75, 3.05) is 0 Å². The van der Waals surface area contributed by atoms with Crippen molar-refractivity contribution in [3.8, 4) is 0 Å². The van der Waals surface area contributed by atoms with E-state index >= 15 is 0 Å². The highest BCUT2D eigenvalue weighted by atomic mass is 16.5. The summed E-state index contributed by atoms with van der Waals surface area (Å²) in [5.74, 6) is -0.594. The van der Waals surface area contributed by atoms with Crippen molar-refractivity contribution in [1.29, 1.82) is 0 Å². The molecule has 6 nitrogen and oxygen atoms in total. The van der Waals surface area contributed by atoms with E-state index in [0.29, 0.717) is 22.6 Å². The Balaban J connectivity index is 1.47. The molecule has 4 aromatic rings. The maximum absolute atomic E-state index is 12.8. The lowest BCUT2D eigenvalue weighted by atomic mass is 10.0. The van der Waals surface area contributed by atoms with Crippen LogP contribution in [-0.4, -0.2) is 27.8 Å². The average molecular weight is 374 g/mol. The summed E-state index contributed by atoms with van der Waals surface area (Å²) in [6, 6.07) is 14.8. The van der Waals surface area contributed by atoms with E-state index in [-0.39, 0.29) is 5.78 Å². The van der Waals surface area contributed by atoms with Crippen LogP contribution in [0.4, 0.5) is 0 Å². The SMILES string of the molecule is Cc1[nH]c2ccccc2c1C(=O)[C@@H](C)OC(=O)/C=C\c1nc2ccccc2o1. The van der Waals surface area contributed by atoms with Crippen LogP contribution in [0.3, 0.4) is 0 Å². The minimum Gasteiger partial charge on any atom is -0.451 e. The Morgan fingerprint density at radius 1 is 1.14 bits per heavy atom. The van der Waals surface area contributed by atoms with Crippen molar-refractivity contribution in [2.45, 2.75) is 20.0 Å². The number of ether oxygens (including phenoxy) is 1. The number of nitrogens with one attached hydrogen (secondary N) is 1. The van der Waals surface area contributed by atoms with Gasteiger partial charge in [-0.15, -0.1) is 0 Å². The van der Waals surface area contributed by atoms with Gasteiger partial charge in [-0.3, -0.25) is 4.79 Å². The quantitative estimate of drug-likeness (QED) is 0.317. The fraction of sp³-hybridized carbons (Fsp3) is 0.136. The van der Waals surface area contributed by atoms with Crippen molar-refractivity contribution >= 4 is 39.8 Å². The topological polar surface area (TPSA) is 85.2 Å². The summed E-state index contributed by atoms with van der Waals surface area (Å²) in [6.07, 6.45) is 1.71. The number of esters is 1. The maximum Gasteiger partial charge on any atom is 0.331 e. The smallest absolute Gasteiger partial charge is 0.331 e. The van der Waals surface area contributed by atoms with Crippen LogP contribution in [0.2, 0.25) is 0 Å². The third-order valence-electron chi connectivity index (χ3n) is 4.47. The highest BCUT2D eigenvalue weighted by molar-refractivity contribution is 6.11. The number of para-hydroxylation sites is 3. The number of aromatic nitrogens is 2. The van der Waals surface area contributed by atoms with E-state index in [1.807, 2.05) is 49.4 Å². The monoisotopic (exact) mass is 374 g/mol. The molecule has 0 saturated heterocycles. The molecule has 2 aromatic carbocycles. The first-order valence-corrected chi connectivity index (χ1v) is 8.88. The van der Waals surface area contributed by atoms with Crippen LogP contribution >= 0.6 is 0 Å². The first-order valence-electron chi connectivity index (χ1n) is 8.88. The maximum atomic E-state index is 12.8. The summed E-state index contributed by atoms with van der Waals surface area (Å²) in [6.45, 7) is 3.39. The van der Waals surface area contributed by atoms with Crippen LogP contribution in [0.15, 0.2) is 59.0 Å². The second-order valence-electron chi connectivity index (χ2n) is 6.47. The third kappa shape index (κ3) is 3.32. The third-order valence-corrected chi connectivity index (χ3v) is 4.47. The number of fused-ring (bicyclic) bond motifs is 2. The number of aryl methyl sites for hydroxylation is 1. The summed E-state index contributed by atoms with van der Waals surface area (Å²) in [4.78, 5) is 32.4. The van der Waals surface area contributed by atoms with E-state index in [9.17, 15) is 9.59 Å². The summed E-state index contributed by atoms with van der Waals surface area (Å²) < 4.78 is 10.8. The molecule has 0 spiro atoms. The van der Waals surface area contributed by atoms with E-state index in [0.717, 1.165) is 16.6 Å². The molecule has 2 aromatic heterocycles. The van der Waals surface area contributed by atoms with Crippen molar-refractivity contribution in [1.82, 2.24) is 9.97 Å². The Bertz CT molecular complexity index is 1180. The number of aromatic amines is 1. The number of hydrogen-bond donors (Lipinski definition) is 1. The zero-order valence-corrected chi connectivity index (χ0v) is 15.4. The lowest BCUT2D eigenvalue weighted by Crippen LogP contribution is -2.24. The van der Waals surface area contributed by atoms with Crippen LogP contribution in [0.25, 0.3) is 28.1 Å². The molecule has 0 aliphatic carbocycles. The normalized spacial score (nSPS) is 12.6. The Morgan fingerprint density at radius 2 is 1.89 bits per heavy atom. The molecule has 2 heterocycles. The fourth-order valence-corrected chi connectivity index (χ4v) is 3.17. The second-order valence-corrected chi connectivity index (χ2v) is 6.47. The lowest BCUT2D eigenvalue weighted by Gasteiger charge is -2.11. The molecule has 0 aliphatic rings. The number of H-pyrrole nitrogens is 1. The summed E-state index contributed by atoms with van der Waals surface area (Å²) in [5.41, 5.74) is 3.50. The zero-order valence-electron chi connectivity index (χ0n) is 15.4. The van der Waals surface area contributed by atoms with Gasteiger partial charge in [0.1, 0.15) is 5.52 Å². The lowest BCUT2D eigenvalue weighted by molar-refractivity contribution is -0.140. The Labute approximate surface area is 160 Å². The van der Waals surface area contributed by atoms with Gasteiger partial charge >= 0.3 is 5.97 Å². The minimum absolute atomic E-state index is 0.251. The number of nitrogens with zero attached hydrogens (tertiary/aromatic N) is 1. The van der Waals surface area contributed by atoms with Crippen molar-refractivity contribution in [3.05, 3.63) is 71.8 Å². The molecule has 1 N–H and O–H groups in total. The number of hydrogen-bond acceptors (Lipinski definition) is 5. The van der Waals surface area contributed by atoms with Gasteiger partial charge in [-0.2, -0.15) is 0 Å². The average Bonchev–Trinajstić information content (AvgIpc) is 3.25. The van der Waals surface area contributed by atoms with Crippen molar-refractivity contribution in [2.24, 2.45) is 0 Å². The molecule has 0 radical (unpaired) electrons. The molecule has 0 fully saturated rings. The van der Waals surface area contributed by atoms with Gasteiger partial charge in [0.05, 0.1) is 0 Å². The molecule has 0 unspecified atom stereocenters.